The van der Waals surface area contributed by atoms with Crippen molar-refractivity contribution < 1.29 is 102 Å². The molecule has 1 aromatic heterocycles. The number of nitrogens with one attached hydrogen (secondary N) is 1. The molecule has 694 valence electrons. The van der Waals surface area contributed by atoms with Crippen molar-refractivity contribution in [2.45, 2.75) is 91.5 Å². The van der Waals surface area contributed by atoms with E-state index in [2.05, 4.69) is 40.0 Å². The van der Waals surface area contributed by atoms with Gasteiger partial charge in [0, 0.05) is 91.8 Å². The van der Waals surface area contributed by atoms with Crippen LogP contribution in [0.5, 0.6) is 46.0 Å². The normalized spacial score (nSPS) is 12.2. The van der Waals surface area contributed by atoms with E-state index < -0.39 is 62.1 Å². The first-order chi connectivity index (χ1) is 60.8. The number of hydrogen-bond donors (Lipinski definition) is 2. The van der Waals surface area contributed by atoms with Crippen LogP contribution < -0.4 is 49.3 Å². The van der Waals surface area contributed by atoms with Crippen molar-refractivity contribution in [3.05, 3.63) is 317 Å². The quantitative estimate of drug-likeness (QED) is 0.0159. The third-order valence-electron chi connectivity index (χ3n) is 21.2. The number of nitrogens with zero attached hydrogens (tertiary/aromatic N) is 3. The first-order valence-corrected chi connectivity index (χ1v) is 50.2. The van der Waals surface area contributed by atoms with E-state index in [0.29, 0.717) is 133 Å². The number of aryl methyl sites for hydroxylation is 3. The molecule has 11 aromatic carbocycles. The zero-order valence-corrected chi connectivity index (χ0v) is 83.6. The second-order valence-corrected chi connectivity index (χ2v) is 40.5. The summed E-state index contributed by atoms with van der Waals surface area (Å²) in [6.45, 7) is 15.2. The van der Waals surface area contributed by atoms with Gasteiger partial charge >= 0.3 is 5.69 Å². The van der Waals surface area contributed by atoms with Gasteiger partial charge in [0.15, 0.2) is 46.0 Å². The molecule has 0 spiro atoms. The second-order valence-electron chi connectivity index (χ2n) is 30.9. The Labute approximate surface area is 785 Å². The van der Waals surface area contributed by atoms with Crippen LogP contribution in [0.3, 0.4) is 0 Å². The van der Waals surface area contributed by atoms with Gasteiger partial charge in [0.1, 0.15) is 39.3 Å². The predicted octanol–water partition coefficient (Wildman–Crippen LogP) is 19.3. The molecule has 0 saturated carbocycles. The Kier molecular flexibility index (Phi) is 39.0. The van der Waals surface area contributed by atoms with Crippen LogP contribution in [-0.4, -0.2) is 156 Å². The number of nitro benzene ring substituents is 2. The number of sulfone groups is 4. The van der Waals surface area contributed by atoms with Crippen LogP contribution in [0.2, 0.25) is 0 Å². The average Bonchev–Trinajstić information content (AvgIpc) is 1.60. The number of halogens is 1. The average molecular weight is 2090 g/mol. The Morgan fingerprint density at radius 3 is 1.07 bits per heavy atom. The summed E-state index contributed by atoms with van der Waals surface area (Å²) in [5, 5.41) is 23.7. The van der Waals surface area contributed by atoms with Gasteiger partial charge in [0.25, 0.3) is 11.4 Å². The molecule has 0 amide bonds. The van der Waals surface area contributed by atoms with Gasteiger partial charge in [-0.3, -0.25) is 24.8 Å². The number of nitrogens with two attached hydrogens (primary N) is 1. The molecule has 0 unspecified atom stereocenters. The molecule has 0 aliphatic carbocycles. The molecule has 130 heavy (non-hydrogen) atoms. The molecule has 3 N–H and O–H groups in total. The number of nitrogen functional groups attached to an aromatic ring is 1. The van der Waals surface area contributed by atoms with Gasteiger partial charge in [-0.1, -0.05) is 152 Å². The number of ether oxygens (including phenoxy) is 8. The monoisotopic (exact) mass is 2090 g/mol. The molecule has 0 bridgehead atoms. The molecule has 32 heteroatoms. The standard InChI is InChI=1S/C26H28N2O5S.C26H29NO6S.C26H31NO4S.C19H22BrNO6S.CH3.W/c1-5-33-24-15-18(13-14-23(24)32-3)22(16-34(4,30)31)28-21-12-8-11-20(25(21)27-26(28)29)19-10-7-6-9-17(19)2;1-5-33-25-16-19(13-14-24(25)32-3)21(17-34(4,30)31)15-20-10-8-12-23(26(20)27(28)29)22-11-7-6-9-18(22)2;1-5-31-25-16-19(13-14-24(25)30-3)21(17-32(4,28)29)15-20-10-8-12-23(26(20)27)22-11-7-6-9-18(22)2;1-4-27-18-11-13(8-9-17(18)26-2)15(12-28(3,24)25)10-14-6-5-7-16(20)19(14)21(22)23;;/h6-15,22H,5,16H2,1-4H3,(H,27,29);6-14,16,21H,5,15,17H2,1-4H3;6-14,16,21H,5,15,17,27H2,1-4H3;5-9,11,15H,4,10,12H2,1-3H3;1H3;/q;;;;-1;/t22-;2*21-;15-;;/m1111../s1. The van der Waals surface area contributed by atoms with E-state index in [1.54, 1.807) is 105 Å². The number of benzene rings is 11. The van der Waals surface area contributed by atoms with Crippen LogP contribution >= 0.6 is 15.9 Å². The van der Waals surface area contributed by atoms with Crippen molar-refractivity contribution in [2.24, 2.45) is 0 Å². The molecule has 4 atom stereocenters. The molecule has 0 fully saturated rings. The molecular formula is C98H113BrN5O21S4W-. The minimum Gasteiger partial charge on any atom is -0.493 e. The van der Waals surface area contributed by atoms with Crippen molar-refractivity contribution in [3.63, 3.8) is 0 Å². The largest absolute Gasteiger partial charge is 0.493 e. The van der Waals surface area contributed by atoms with Crippen molar-refractivity contribution in [2.75, 3.05) is 109 Å². The number of hydrogen-bond acceptors (Lipinski definition) is 22. The Morgan fingerprint density at radius 1 is 0.392 bits per heavy atom. The zero-order valence-electron chi connectivity index (χ0n) is 75.8. The van der Waals surface area contributed by atoms with Crippen LogP contribution in [0.25, 0.3) is 44.4 Å². The van der Waals surface area contributed by atoms with Crippen molar-refractivity contribution in [1.29, 1.82) is 0 Å². The van der Waals surface area contributed by atoms with Crippen LogP contribution in [0.15, 0.2) is 228 Å². The fourth-order valence-corrected chi connectivity index (χ4v) is 20.2. The molecule has 26 nitrogen and oxygen atoms in total. The Balaban J connectivity index is 0.000000237. The maximum atomic E-state index is 13.3. The van der Waals surface area contributed by atoms with Gasteiger partial charge in [-0.15, -0.1) is 0 Å². The SMILES string of the molecule is CCOc1cc([C@@H](CS(C)(=O)=O)n2c(=O)[nH]c3c(-c4ccccc4C)cccc32)ccc1OC.CCOc1cc([C@H](Cc2cccc(-c3ccccc3C)c2N)CS(C)(=O)=O)ccc1OC.CCOc1cc([C@H](Cc2cccc(-c3ccccc3C)c2[N+](=O)[O-])CS(C)(=O)=O)ccc1OC.CCOc1cc([C@H](Cc2cccc(Br)c2[N+](=O)[O-])CS(C)(=O)=O)ccc1OC.[CH3-].[W]. The van der Waals surface area contributed by atoms with E-state index in [0.717, 1.165) is 61.9 Å². The molecule has 0 aliphatic heterocycles. The van der Waals surface area contributed by atoms with Crippen molar-refractivity contribution >= 4 is 83.4 Å². The van der Waals surface area contributed by atoms with E-state index >= 15 is 0 Å². The van der Waals surface area contributed by atoms with Crippen molar-refractivity contribution in [1.82, 2.24) is 9.55 Å². The van der Waals surface area contributed by atoms with E-state index in [1.807, 2.05) is 157 Å². The summed E-state index contributed by atoms with van der Waals surface area (Å²) in [6, 6.07) is 65.9. The van der Waals surface area contributed by atoms with Gasteiger partial charge in [0.05, 0.1) is 115 Å². The molecule has 1 heterocycles. The number of anilines is 1. The number of rotatable bonds is 36. The minimum atomic E-state index is -3.44. The number of aromatic nitrogens is 2. The van der Waals surface area contributed by atoms with Gasteiger partial charge in [-0.2, -0.15) is 0 Å². The predicted molar refractivity (Wildman–Crippen MR) is 517 cm³/mol. The molecular weight excluding hydrogens is 1980 g/mol. The Bertz CT molecular complexity index is 6490. The summed E-state index contributed by atoms with van der Waals surface area (Å²) in [6.07, 6.45) is 5.64. The second kappa shape index (κ2) is 48.0. The Hall–Kier alpha value is -11.3. The van der Waals surface area contributed by atoms with Crippen molar-refractivity contribution in [3.8, 4) is 79.4 Å². The maximum Gasteiger partial charge on any atom is 0.327 e. The van der Waals surface area contributed by atoms with E-state index in [4.69, 9.17) is 43.6 Å². The maximum absolute atomic E-state index is 13.3. The number of imidazole rings is 1. The number of aromatic amines is 1. The Morgan fingerprint density at radius 2 is 0.700 bits per heavy atom. The molecule has 12 aromatic rings. The summed E-state index contributed by atoms with van der Waals surface area (Å²) in [4.78, 5) is 39.1. The summed E-state index contributed by atoms with van der Waals surface area (Å²) in [5.74, 6) is 2.55. The number of fused-ring (bicyclic) bond motifs is 1. The number of methoxy groups -OCH3 is 4. The van der Waals surface area contributed by atoms with Crippen LogP contribution in [0.4, 0.5) is 17.1 Å². The summed E-state index contributed by atoms with van der Waals surface area (Å²) < 4.78 is 144. The third kappa shape index (κ3) is 28.6. The molecule has 0 saturated heterocycles. The van der Waals surface area contributed by atoms with Gasteiger partial charge in [0.2, 0.25) is 0 Å². The first-order valence-electron chi connectivity index (χ1n) is 41.2. The first kappa shape index (κ1) is 106. The minimum absolute atomic E-state index is 0. The summed E-state index contributed by atoms with van der Waals surface area (Å²) in [5.41, 5.74) is 21.3. The summed E-state index contributed by atoms with van der Waals surface area (Å²) in [7, 11) is -7.18. The van der Waals surface area contributed by atoms with E-state index in [1.165, 1.54) is 37.6 Å². The fraction of sp³-hybridized carbons (Fsp3) is 0.306. The number of H-pyrrole nitrogens is 1. The van der Waals surface area contributed by atoms with Crippen LogP contribution in [0, 0.1) is 48.4 Å². The summed E-state index contributed by atoms with van der Waals surface area (Å²) >= 11 is 3.21. The molecule has 0 aliphatic rings. The van der Waals surface area contributed by atoms with Gasteiger partial charge in [-0.25, -0.2) is 38.5 Å². The van der Waals surface area contributed by atoms with E-state index in [9.17, 15) is 58.7 Å². The smallest absolute Gasteiger partial charge is 0.327 e. The van der Waals surface area contributed by atoms with Crippen LogP contribution in [-0.2, 0) is 79.7 Å². The van der Waals surface area contributed by atoms with Gasteiger partial charge < -0.3 is 56.0 Å². The van der Waals surface area contributed by atoms with E-state index in [-0.39, 0.29) is 92.3 Å². The fourth-order valence-electron chi connectivity index (χ4n) is 15.6. The topological polar surface area (TPSA) is 360 Å². The molecule has 12 rings (SSSR count). The zero-order chi connectivity index (χ0) is 93.5. The van der Waals surface area contributed by atoms with Gasteiger partial charge in [-0.05, 0) is 212 Å². The van der Waals surface area contributed by atoms with Crippen LogP contribution in [0.1, 0.15) is 107 Å². The molecule has 0 radical (unpaired) electrons. The number of para-hydroxylation sites is 4. The number of nitro groups is 2. The third-order valence-corrected chi connectivity index (χ3v) is 25.8.